The maximum atomic E-state index is 2.43. The topological polar surface area (TPSA) is 29.2 Å². The average Bonchev–Trinajstić information content (AvgIpc) is 3.29. The molecule has 0 unspecified atom stereocenters. The van der Waals surface area contributed by atoms with Crippen LogP contribution in [0.3, 0.4) is 0 Å². The zero-order valence-corrected chi connectivity index (χ0v) is 45.0. The van der Waals surface area contributed by atoms with Crippen LogP contribution in [0.1, 0.15) is 22.3 Å². The molecule has 0 N–H and O–H groups in total. The molecule has 0 spiro atoms. The van der Waals surface area contributed by atoms with Crippen LogP contribution in [0.5, 0.6) is 0 Å². The van der Waals surface area contributed by atoms with Gasteiger partial charge in [-0.1, -0.05) is 27.7 Å². The number of hydrogen-bond acceptors (Lipinski definition) is 9. The van der Waals surface area contributed by atoms with Crippen LogP contribution in [-0.4, -0.2) is 135 Å². The summed E-state index contributed by atoms with van der Waals surface area (Å²) in [6, 6.07) is 14.6. The molecule has 0 bridgehead atoms. The van der Waals surface area contributed by atoms with E-state index < -0.39 is 8.07 Å². The summed E-state index contributed by atoms with van der Waals surface area (Å²) in [5.41, 5.74) is 16.4. The predicted octanol–water partition coefficient (Wildman–Crippen LogP) is -4.38. The molecule has 0 aliphatic rings. The molecule has 326 valence electrons. The molecule has 9 nitrogen and oxygen atoms in total. The van der Waals surface area contributed by atoms with Gasteiger partial charge in [0.05, 0.1) is 0 Å². The van der Waals surface area contributed by atoms with Crippen LogP contribution in [0.15, 0.2) is 36.4 Å². The Balaban J connectivity index is 0.00000841. The van der Waals surface area contributed by atoms with Crippen LogP contribution in [0.25, 0.3) is 0 Å². The van der Waals surface area contributed by atoms with Gasteiger partial charge in [-0.3, -0.25) is 0 Å². The molecule has 4 rings (SSSR count). The van der Waals surface area contributed by atoms with Crippen molar-refractivity contribution in [3.63, 3.8) is 0 Å². The van der Waals surface area contributed by atoms with Gasteiger partial charge in [0.2, 0.25) is 0 Å². The predicted molar refractivity (Wildman–Crippen MR) is 254 cm³/mol. The SMILES string of the molecule is Cc1c(C)c(C)[c-]([Si](c2c(N(C)C)cc(N(C)C)cc2N(C)C)(c2c(N(C)C)cc(N(C)C)cc2N(C)C)c2c(N(C)C)cc(N(C)C)cc2N(C)C)c1C.[Cl-].[Cl-].[Cl-].[Ti+4]. The van der Waals surface area contributed by atoms with Crippen LogP contribution >= 0.6 is 0 Å². The Hall–Kier alpha value is -2.99. The molecular weight excluding hydrogens is 849 g/mol. The van der Waals surface area contributed by atoms with Crippen LogP contribution < -0.4 is 102 Å². The van der Waals surface area contributed by atoms with Gasteiger partial charge in [0.25, 0.3) is 0 Å². The van der Waals surface area contributed by atoms with Gasteiger partial charge in [-0.15, -0.1) is 5.19 Å². The van der Waals surface area contributed by atoms with Crippen molar-refractivity contribution in [1.82, 2.24) is 0 Å². The molecule has 0 aliphatic heterocycles. The van der Waals surface area contributed by atoms with E-state index in [9.17, 15) is 0 Å². The second-order valence-electron chi connectivity index (χ2n) is 17.3. The fraction of sp³-hybridized carbons (Fsp3) is 0.489. The monoisotopic (exact) mass is 919 g/mol. The smallest absolute Gasteiger partial charge is 1.00 e. The van der Waals surface area contributed by atoms with Crippen molar-refractivity contribution in [2.24, 2.45) is 0 Å². The maximum absolute atomic E-state index is 3.52. The quantitative estimate of drug-likeness (QED) is 0.0752. The molecular formula is C45H72Cl3N9SiTi. The first-order chi connectivity index (χ1) is 25.4. The van der Waals surface area contributed by atoms with Gasteiger partial charge in [-0.25, -0.2) is 0 Å². The molecule has 59 heavy (non-hydrogen) atoms. The molecule has 4 aromatic rings. The maximum Gasteiger partial charge on any atom is 4.00 e. The van der Waals surface area contributed by atoms with E-state index in [1.807, 2.05) is 0 Å². The Morgan fingerprint density at radius 3 is 0.627 bits per heavy atom. The van der Waals surface area contributed by atoms with Crippen molar-refractivity contribution >= 4 is 80.0 Å². The van der Waals surface area contributed by atoms with E-state index in [-0.39, 0.29) is 58.9 Å². The van der Waals surface area contributed by atoms with Gasteiger partial charge in [0, 0.05) is 178 Å². The Kier molecular flexibility index (Phi) is 20.1. The van der Waals surface area contributed by atoms with E-state index in [1.165, 1.54) is 94.2 Å². The standard InChI is InChI=1S/C45H72N9Si.3ClH.Ti/c1-29-30(2)32(4)42(31(29)3)55(43-36(49(11)12)23-33(46(5)6)24-37(43)50(13)14,44-38(51(15)16)25-34(47(7)8)26-39(44)52(17)18)45-40(53(19)20)27-35(48(9)10)28-41(45)54(21)22;;;;/h23-28H,1-22H3;3*1H;/q-1;;;;+4/p-3. The van der Waals surface area contributed by atoms with Crippen LogP contribution in [0.2, 0.25) is 0 Å². The summed E-state index contributed by atoms with van der Waals surface area (Å²) in [5, 5.41) is 5.63. The Morgan fingerprint density at radius 1 is 0.322 bits per heavy atom. The van der Waals surface area contributed by atoms with E-state index in [0.717, 1.165) is 0 Å². The fourth-order valence-electron chi connectivity index (χ4n) is 8.37. The molecule has 0 fully saturated rings. The van der Waals surface area contributed by atoms with E-state index in [2.05, 4.69) is 235 Å². The summed E-state index contributed by atoms with van der Waals surface area (Å²) in [4.78, 5) is 20.9. The number of rotatable bonds is 13. The zero-order valence-electron chi connectivity index (χ0n) is 40.1. The molecule has 4 aromatic carbocycles. The molecule has 0 heterocycles. The fourth-order valence-corrected chi connectivity index (χ4v) is 15.4. The van der Waals surface area contributed by atoms with E-state index >= 15 is 0 Å². The summed E-state index contributed by atoms with van der Waals surface area (Å²) < 4.78 is 0. The third kappa shape index (κ3) is 9.89. The molecule has 0 aromatic heterocycles. The van der Waals surface area contributed by atoms with E-state index in [0.29, 0.717) is 0 Å². The second kappa shape index (κ2) is 21.2. The summed E-state index contributed by atoms with van der Waals surface area (Å²) in [7, 11) is 36.1. The summed E-state index contributed by atoms with van der Waals surface area (Å²) in [5.74, 6) is 0. The number of benzene rings is 3. The Bertz CT molecular complexity index is 1740. The summed E-state index contributed by atoms with van der Waals surface area (Å²) in [6.45, 7) is 9.45. The van der Waals surface area contributed by atoms with Crippen molar-refractivity contribution in [3.05, 3.63) is 58.7 Å². The van der Waals surface area contributed by atoms with Gasteiger partial charge in [0.15, 0.2) is 0 Å². The summed E-state index contributed by atoms with van der Waals surface area (Å²) in [6.07, 6.45) is 0. The third-order valence-corrected chi connectivity index (χ3v) is 16.9. The van der Waals surface area contributed by atoms with Crippen molar-refractivity contribution < 1.29 is 58.9 Å². The van der Waals surface area contributed by atoms with Crippen molar-refractivity contribution in [2.75, 3.05) is 171 Å². The van der Waals surface area contributed by atoms with Crippen molar-refractivity contribution in [3.8, 4) is 0 Å². The number of nitrogens with zero attached hydrogens (tertiary/aromatic N) is 9. The van der Waals surface area contributed by atoms with E-state index in [1.54, 1.807) is 0 Å². The summed E-state index contributed by atoms with van der Waals surface area (Å²) >= 11 is 0. The first-order valence-electron chi connectivity index (χ1n) is 19.3. The third-order valence-electron chi connectivity index (χ3n) is 11.6. The van der Waals surface area contributed by atoms with Gasteiger partial charge in [-0.2, -0.15) is 22.3 Å². The molecule has 0 saturated carbocycles. The Labute approximate surface area is 393 Å². The minimum absolute atomic E-state index is 0. The first-order valence-corrected chi connectivity index (χ1v) is 21.3. The Morgan fingerprint density at radius 2 is 0.492 bits per heavy atom. The first kappa shape index (κ1) is 56.0. The van der Waals surface area contributed by atoms with Gasteiger partial charge >= 0.3 is 21.7 Å². The molecule has 0 saturated heterocycles. The molecule has 14 heteroatoms. The zero-order chi connectivity index (χ0) is 41.8. The normalized spacial score (nSPS) is 10.7. The number of hydrogen-bond donors (Lipinski definition) is 0. The van der Waals surface area contributed by atoms with Crippen LogP contribution in [0, 0.1) is 27.7 Å². The van der Waals surface area contributed by atoms with Gasteiger partial charge in [0.1, 0.15) is 8.07 Å². The van der Waals surface area contributed by atoms with Crippen molar-refractivity contribution in [1.29, 1.82) is 0 Å². The molecule has 0 amide bonds. The van der Waals surface area contributed by atoms with Crippen LogP contribution in [-0.2, 0) is 21.7 Å². The second-order valence-corrected chi connectivity index (χ2v) is 20.8. The van der Waals surface area contributed by atoms with Gasteiger partial charge < -0.3 is 81.3 Å². The molecule has 0 atom stereocenters. The minimum Gasteiger partial charge on any atom is -1.00 e. The average molecular weight is 921 g/mol. The van der Waals surface area contributed by atoms with E-state index in [4.69, 9.17) is 0 Å². The molecule has 0 aliphatic carbocycles. The minimum atomic E-state index is -3.52. The molecule has 0 radical (unpaired) electrons. The van der Waals surface area contributed by atoms with Crippen LogP contribution in [0.4, 0.5) is 51.2 Å². The number of anilines is 9. The number of halogens is 3. The van der Waals surface area contributed by atoms with Crippen molar-refractivity contribution in [2.45, 2.75) is 27.7 Å². The largest absolute Gasteiger partial charge is 4.00 e. The van der Waals surface area contributed by atoms with Gasteiger partial charge in [-0.05, 0) is 52.0 Å².